The molecule has 0 spiro atoms. The maximum absolute atomic E-state index is 11.6. The van der Waals surface area contributed by atoms with Crippen LogP contribution in [0.3, 0.4) is 0 Å². The molecule has 1 N–H and O–H groups in total. The summed E-state index contributed by atoms with van der Waals surface area (Å²) in [5.41, 5.74) is 1.17. The van der Waals surface area contributed by atoms with Crippen molar-refractivity contribution in [2.45, 2.75) is 19.9 Å². The van der Waals surface area contributed by atoms with Gasteiger partial charge in [0, 0.05) is 24.1 Å². The van der Waals surface area contributed by atoms with Crippen LogP contribution in [0.2, 0.25) is 0 Å². The number of carbonyl (C=O) groups excluding carboxylic acids is 1. The van der Waals surface area contributed by atoms with Crippen molar-refractivity contribution in [3.8, 4) is 0 Å². The number of rotatable bonds is 5. The van der Waals surface area contributed by atoms with E-state index in [2.05, 4.69) is 34.2 Å². The lowest BCUT2D eigenvalue weighted by Crippen LogP contribution is -2.36. The molecule has 94 valence electrons. The van der Waals surface area contributed by atoms with Crippen LogP contribution in [0.25, 0.3) is 0 Å². The molecule has 0 heterocycles. The fourth-order valence-corrected chi connectivity index (χ4v) is 2.12. The number of likely N-dealkylation sites (N-methyl/N-ethyl adjacent to an activating group) is 1. The number of halogens is 1. The fourth-order valence-electron chi connectivity index (χ4n) is 1.49. The molecule has 0 fully saturated rings. The fraction of sp³-hybridized carbons (Fsp3) is 0.462. The Morgan fingerprint density at radius 2 is 2.12 bits per heavy atom. The average Bonchev–Trinajstić information content (AvgIpc) is 2.35. The van der Waals surface area contributed by atoms with Crippen molar-refractivity contribution in [3.63, 3.8) is 0 Å². The second kappa shape index (κ2) is 6.77. The van der Waals surface area contributed by atoms with Gasteiger partial charge in [0.25, 0.3) is 0 Å². The van der Waals surface area contributed by atoms with Gasteiger partial charge < -0.3 is 10.2 Å². The van der Waals surface area contributed by atoms with Gasteiger partial charge >= 0.3 is 0 Å². The van der Waals surface area contributed by atoms with E-state index in [4.69, 9.17) is 0 Å². The first-order chi connectivity index (χ1) is 8.06. The molecule has 0 bridgehead atoms. The SMILES string of the molecule is CCN(C)C(=O)CNC(C)c1ccccc1Br. The van der Waals surface area contributed by atoms with Gasteiger partial charge in [-0.25, -0.2) is 0 Å². The third kappa shape index (κ3) is 4.13. The Bertz CT molecular complexity index is 381. The molecule has 0 saturated heterocycles. The van der Waals surface area contributed by atoms with Crippen LogP contribution >= 0.6 is 15.9 Å². The highest BCUT2D eigenvalue weighted by molar-refractivity contribution is 9.10. The summed E-state index contributed by atoms with van der Waals surface area (Å²) in [5, 5.41) is 3.23. The van der Waals surface area contributed by atoms with Gasteiger partial charge in [0.1, 0.15) is 0 Å². The molecule has 0 aromatic heterocycles. The predicted octanol–water partition coefficient (Wildman–Crippen LogP) is 2.58. The highest BCUT2D eigenvalue weighted by Crippen LogP contribution is 2.22. The van der Waals surface area contributed by atoms with Gasteiger partial charge in [0.05, 0.1) is 6.54 Å². The van der Waals surface area contributed by atoms with Crippen molar-refractivity contribution in [3.05, 3.63) is 34.3 Å². The number of carbonyl (C=O) groups is 1. The minimum absolute atomic E-state index is 0.117. The van der Waals surface area contributed by atoms with Crippen LogP contribution in [0.5, 0.6) is 0 Å². The van der Waals surface area contributed by atoms with Crippen molar-refractivity contribution in [2.75, 3.05) is 20.1 Å². The molecule has 1 aromatic carbocycles. The molecular formula is C13H19BrN2O. The summed E-state index contributed by atoms with van der Waals surface area (Å²) >= 11 is 3.51. The lowest BCUT2D eigenvalue weighted by atomic mass is 10.1. The van der Waals surface area contributed by atoms with Crippen LogP contribution in [0.4, 0.5) is 0 Å². The molecule has 1 amide bonds. The molecule has 1 aromatic rings. The number of hydrogen-bond donors (Lipinski definition) is 1. The van der Waals surface area contributed by atoms with E-state index in [9.17, 15) is 4.79 Å². The third-order valence-electron chi connectivity index (χ3n) is 2.83. The zero-order chi connectivity index (χ0) is 12.8. The summed E-state index contributed by atoms with van der Waals surface area (Å²) in [6.45, 7) is 5.13. The molecule has 1 atom stereocenters. The Kier molecular flexibility index (Phi) is 5.65. The molecule has 3 nitrogen and oxygen atoms in total. The summed E-state index contributed by atoms with van der Waals surface area (Å²) in [6, 6.07) is 8.19. The second-order valence-corrected chi connectivity index (χ2v) is 4.89. The van der Waals surface area contributed by atoms with E-state index < -0.39 is 0 Å². The van der Waals surface area contributed by atoms with Gasteiger partial charge in [0.2, 0.25) is 5.91 Å². The zero-order valence-corrected chi connectivity index (χ0v) is 12.1. The predicted molar refractivity (Wildman–Crippen MR) is 73.9 cm³/mol. The molecule has 0 radical (unpaired) electrons. The van der Waals surface area contributed by atoms with Crippen molar-refractivity contribution < 1.29 is 4.79 Å². The number of nitrogens with one attached hydrogen (secondary N) is 1. The Morgan fingerprint density at radius 3 is 2.71 bits per heavy atom. The highest BCUT2D eigenvalue weighted by atomic mass is 79.9. The minimum atomic E-state index is 0.117. The van der Waals surface area contributed by atoms with Crippen molar-refractivity contribution in [2.24, 2.45) is 0 Å². The number of benzene rings is 1. The Morgan fingerprint density at radius 1 is 1.47 bits per heavy atom. The van der Waals surface area contributed by atoms with Crippen LogP contribution in [-0.4, -0.2) is 30.9 Å². The van der Waals surface area contributed by atoms with Crippen molar-refractivity contribution in [1.82, 2.24) is 10.2 Å². The van der Waals surface area contributed by atoms with Gasteiger partial charge in [-0.3, -0.25) is 4.79 Å². The van der Waals surface area contributed by atoms with E-state index in [0.29, 0.717) is 6.54 Å². The normalized spacial score (nSPS) is 12.2. The third-order valence-corrected chi connectivity index (χ3v) is 3.55. The van der Waals surface area contributed by atoms with E-state index >= 15 is 0 Å². The van der Waals surface area contributed by atoms with Crippen molar-refractivity contribution in [1.29, 1.82) is 0 Å². The second-order valence-electron chi connectivity index (χ2n) is 4.03. The molecule has 0 aliphatic heterocycles. The molecule has 0 aliphatic rings. The first kappa shape index (κ1) is 14.2. The largest absolute Gasteiger partial charge is 0.345 e. The van der Waals surface area contributed by atoms with Gasteiger partial charge in [-0.05, 0) is 25.5 Å². The zero-order valence-electron chi connectivity index (χ0n) is 10.5. The van der Waals surface area contributed by atoms with E-state index in [1.54, 1.807) is 4.90 Å². The lowest BCUT2D eigenvalue weighted by molar-refractivity contribution is -0.128. The number of nitrogens with zero attached hydrogens (tertiary/aromatic N) is 1. The van der Waals surface area contributed by atoms with Gasteiger partial charge in [0.15, 0.2) is 0 Å². The average molecular weight is 299 g/mol. The molecule has 17 heavy (non-hydrogen) atoms. The lowest BCUT2D eigenvalue weighted by Gasteiger charge is -2.19. The van der Waals surface area contributed by atoms with Gasteiger partial charge in [-0.15, -0.1) is 0 Å². The van der Waals surface area contributed by atoms with Gasteiger partial charge in [-0.2, -0.15) is 0 Å². The maximum atomic E-state index is 11.6. The molecular weight excluding hydrogens is 280 g/mol. The van der Waals surface area contributed by atoms with E-state index in [1.165, 1.54) is 5.56 Å². The first-order valence-corrected chi connectivity index (χ1v) is 6.57. The summed E-state index contributed by atoms with van der Waals surface area (Å²) in [7, 11) is 1.81. The maximum Gasteiger partial charge on any atom is 0.236 e. The van der Waals surface area contributed by atoms with Crippen LogP contribution in [0, 0.1) is 0 Å². The highest BCUT2D eigenvalue weighted by Gasteiger charge is 2.11. The van der Waals surface area contributed by atoms with E-state index in [0.717, 1.165) is 11.0 Å². The Labute approximate surface area is 111 Å². The molecule has 1 unspecified atom stereocenters. The summed E-state index contributed by atoms with van der Waals surface area (Å²) < 4.78 is 1.07. The number of hydrogen-bond acceptors (Lipinski definition) is 2. The molecule has 1 rings (SSSR count). The smallest absolute Gasteiger partial charge is 0.236 e. The van der Waals surface area contributed by atoms with E-state index in [-0.39, 0.29) is 11.9 Å². The minimum Gasteiger partial charge on any atom is -0.345 e. The number of amides is 1. The summed E-state index contributed by atoms with van der Waals surface area (Å²) in [5.74, 6) is 0.117. The van der Waals surface area contributed by atoms with Crippen molar-refractivity contribution >= 4 is 21.8 Å². The topological polar surface area (TPSA) is 32.3 Å². The van der Waals surface area contributed by atoms with Crippen LogP contribution in [0.1, 0.15) is 25.5 Å². The molecule has 4 heteroatoms. The molecule has 0 saturated carbocycles. The quantitative estimate of drug-likeness (QED) is 0.906. The monoisotopic (exact) mass is 298 g/mol. The van der Waals surface area contributed by atoms with Crippen LogP contribution in [-0.2, 0) is 4.79 Å². The van der Waals surface area contributed by atoms with Crippen LogP contribution in [0.15, 0.2) is 28.7 Å². The van der Waals surface area contributed by atoms with Crippen LogP contribution < -0.4 is 5.32 Å². The Balaban J connectivity index is 2.53. The van der Waals surface area contributed by atoms with E-state index in [1.807, 2.05) is 32.2 Å². The standard InChI is InChI=1S/C13H19BrN2O/c1-4-16(3)13(17)9-15-10(2)11-7-5-6-8-12(11)14/h5-8,10,15H,4,9H2,1-3H3. The Hall–Kier alpha value is -0.870. The summed E-state index contributed by atoms with van der Waals surface area (Å²) in [6.07, 6.45) is 0. The first-order valence-electron chi connectivity index (χ1n) is 5.78. The molecule has 0 aliphatic carbocycles. The van der Waals surface area contributed by atoms with Gasteiger partial charge in [-0.1, -0.05) is 34.1 Å². The summed E-state index contributed by atoms with van der Waals surface area (Å²) in [4.78, 5) is 13.4.